The van der Waals surface area contributed by atoms with Crippen LogP contribution in [0.25, 0.3) is 0 Å². The zero-order valence-electron chi connectivity index (χ0n) is 15.8. The molecule has 2 aromatic rings. The maximum absolute atomic E-state index is 13.3. The van der Waals surface area contributed by atoms with Gasteiger partial charge in [-0.1, -0.05) is 30.3 Å². The third kappa shape index (κ3) is 6.64. The largest absolute Gasteiger partial charge is 0.481 e. The third-order valence-corrected chi connectivity index (χ3v) is 4.17. The van der Waals surface area contributed by atoms with Crippen LogP contribution in [0, 0.1) is 11.6 Å². The van der Waals surface area contributed by atoms with Gasteiger partial charge in [-0.2, -0.15) is 0 Å². The quantitative estimate of drug-likeness (QED) is 0.666. The molecule has 2 aromatic carbocycles. The number of rotatable bonds is 9. The molecule has 150 valence electrons. The van der Waals surface area contributed by atoms with Gasteiger partial charge in [0.05, 0.1) is 7.11 Å². The standard InChI is InChI=1S/C21H23F2NO4/c1-14(28-17-9-10-18(22)19(23)13-17)21(26)24-16(8-11-20(25)27-2)12-15-6-4-3-5-7-15/h3-7,9-10,13-14,16H,8,11-12H2,1-2H3,(H,24,26)/t14-,16-/m0/s1. The van der Waals surface area contributed by atoms with Crippen molar-refractivity contribution in [1.29, 1.82) is 0 Å². The molecule has 28 heavy (non-hydrogen) atoms. The minimum Gasteiger partial charge on any atom is -0.481 e. The normalized spacial score (nSPS) is 12.7. The molecule has 0 aliphatic carbocycles. The van der Waals surface area contributed by atoms with Crippen molar-refractivity contribution in [3.05, 3.63) is 65.7 Å². The smallest absolute Gasteiger partial charge is 0.305 e. The fourth-order valence-corrected chi connectivity index (χ4v) is 2.64. The van der Waals surface area contributed by atoms with Crippen LogP contribution < -0.4 is 10.1 Å². The Morgan fingerprint density at radius 2 is 1.79 bits per heavy atom. The molecule has 2 atom stereocenters. The Morgan fingerprint density at radius 3 is 2.43 bits per heavy atom. The highest BCUT2D eigenvalue weighted by atomic mass is 19.2. The first-order valence-corrected chi connectivity index (χ1v) is 8.92. The van der Waals surface area contributed by atoms with Gasteiger partial charge in [0.15, 0.2) is 17.7 Å². The van der Waals surface area contributed by atoms with Gasteiger partial charge in [0.25, 0.3) is 5.91 Å². The van der Waals surface area contributed by atoms with Gasteiger partial charge in [0.1, 0.15) is 5.75 Å². The number of halogens is 2. The lowest BCUT2D eigenvalue weighted by Gasteiger charge is -2.22. The maximum Gasteiger partial charge on any atom is 0.305 e. The van der Waals surface area contributed by atoms with E-state index < -0.39 is 23.6 Å². The van der Waals surface area contributed by atoms with E-state index in [4.69, 9.17) is 4.74 Å². The molecule has 0 aromatic heterocycles. The lowest BCUT2D eigenvalue weighted by molar-refractivity contribution is -0.141. The molecule has 5 nitrogen and oxygen atoms in total. The van der Waals surface area contributed by atoms with Crippen molar-refractivity contribution < 1.29 is 27.8 Å². The first-order valence-electron chi connectivity index (χ1n) is 8.92. The van der Waals surface area contributed by atoms with E-state index in [1.165, 1.54) is 20.1 Å². The molecule has 0 aliphatic rings. The molecule has 1 N–H and O–H groups in total. The second kappa shape index (κ2) is 10.4. The number of ether oxygens (including phenoxy) is 2. The van der Waals surface area contributed by atoms with Gasteiger partial charge in [-0.3, -0.25) is 9.59 Å². The number of nitrogens with one attached hydrogen (secondary N) is 1. The fraction of sp³-hybridized carbons (Fsp3) is 0.333. The van der Waals surface area contributed by atoms with Crippen molar-refractivity contribution in [2.24, 2.45) is 0 Å². The van der Waals surface area contributed by atoms with Crippen molar-refractivity contribution >= 4 is 11.9 Å². The second-order valence-electron chi connectivity index (χ2n) is 6.35. The molecule has 0 radical (unpaired) electrons. The molecule has 0 spiro atoms. The summed E-state index contributed by atoms with van der Waals surface area (Å²) in [6.45, 7) is 1.51. The van der Waals surface area contributed by atoms with Crippen molar-refractivity contribution in [2.75, 3.05) is 7.11 Å². The SMILES string of the molecule is COC(=O)CC[C@@H](Cc1ccccc1)NC(=O)[C@H](C)Oc1ccc(F)c(F)c1. The highest BCUT2D eigenvalue weighted by Gasteiger charge is 2.21. The topological polar surface area (TPSA) is 64.6 Å². The van der Waals surface area contributed by atoms with E-state index in [-0.39, 0.29) is 24.2 Å². The van der Waals surface area contributed by atoms with Gasteiger partial charge in [-0.25, -0.2) is 8.78 Å². The van der Waals surface area contributed by atoms with Crippen molar-refractivity contribution in [3.63, 3.8) is 0 Å². The van der Waals surface area contributed by atoms with E-state index in [0.29, 0.717) is 12.8 Å². The van der Waals surface area contributed by atoms with E-state index in [9.17, 15) is 18.4 Å². The highest BCUT2D eigenvalue weighted by Crippen LogP contribution is 2.17. The number of amides is 1. The van der Waals surface area contributed by atoms with Crippen LogP contribution in [0.5, 0.6) is 5.75 Å². The fourth-order valence-electron chi connectivity index (χ4n) is 2.64. The minimum absolute atomic E-state index is 0.0516. The van der Waals surface area contributed by atoms with Gasteiger partial charge >= 0.3 is 5.97 Å². The third-order valence-electron chi connectivity index (χ3n) is 4.17. The van der Waals surface area contributed by atoms with Crippen LogP contribution in [0.4, 0.5) is 8.78 Å². The Morgan fingerprint density at radius 1 is 1.07 bits per heavy atom. The molecule has 1 amide bonds. The number of esters is 1. The van der Waals surface area contributed by atoms with E-state index in [2.05, 4.69) is 10.1 Å². The van der Waals surface area contributed by atoms with Crippen LogP contribution in [0.3, 0.4) is 0 Å². The zero-order valence-corrected chi connectivity index (χ0v) is 15.8. The summed E-state index contributed by atoms with van der Waals surface area (Å²) in [7, 11) is 1.31. The molecule has 0 saturated heterocycles. The van der Waals surface area contributed by atoms with Crippen LogP contribution in [0.15, 0.2) is 48.5 Å². The Labute approximate surface area is 162 Å². The maximum atomic E-state index is 13.3. The van der Waals surface area contributed by atoms with Crippen LogP contribution in [0.1, 0.15) is 25.3 Å². The minimum atomic E-state index is -1.05. The van der Waals surface area contributed by atoms with E-state index in [1.54, 1.807) is 0 Å². The highest BCUT2D eigenvalue weighted by molar-refractivity contribution is 5.81. The van der Waals surface area contributed by atoms with Gasteiger partial charge in [0.2, 0.25) is 0 Å². The summed E-state index contributed by atoms with van der Waals surface area (Å²) in [4.78, 5) is 24.0. The molecule has 0 unspecified atom stereocenters. The Kier molecular flexibility index (Phi) is 7.92. The molecular weight excluding hydrogens is 368 g/mol. The van der Waals surface area contributed by atoms with Gasteiger partial charge < -0.3 is 14.8 Å². The number of benzene rings is 2. The van der Waals surface area contributed by atoms with Gasteiger partial charge in [-0.15, -0.1) is 0 Å². The van der Waals surface area contributed by atoms with Crippen LogP contribution in [-0.4, -0.2) is 31.1 Å². The van der Waals surface area contributed by atoms with Gasteiger partial charge in [0, 0.05) is 18.5 Å². The second-order valence-corrected chi connectivity index (χ2v) is 6.35. The number of hydrogen-bond acceptors (Lipinski definition) is 4. The van der Waals surface area contributed by atoms with E-state index in [0.717, 1.165) is 17.7 Å². The average molecular weight is 391 g/mol. The number of methoxy groups -OCH3 is 1. The van der Waals surface area contributed by atoms with E-state index >= 15 is 0 Å². The lowest BCUT2D eigenvalue weighted by Crippen LogP contribution is -2.43. The van der Waals surface area contributed by atoms with Crippen molar-refractivity contribution in [3.8, 4) is 5.75 Å². The first kappa shape index (κ1) is 21.3. The predicted octanol–water partition coefficient (Wildman–Crippen LogP) is 3.41. The Balaban J connectivity index is 2.00. The summed E-state index contributed by atoms with van der Waals surface area (Å²) in [5.41, 5.74) is 1.01. The van der Waals surface area contributed by atoms with Crippen LogP contribution >= 0.6 is 0 Å². The summed E-state index contributed by atoms with van der Waals surface area (Å²) in [6.07, 6.45) is 0.153. The molecule has 0 heterocycles. The first-order chi connectivity index (χ1) is 13.4. The van der Waals surface area contributed by atoms with Crippen LogP contribution in [0.2, 0.25) is 0 Å². The molecular formula is C21H23F2NO4. The summed E-state index contributed by atoms with van der Waals surface area (Å²) in [5.74, 6) is -2.77. The lowest BCUT2D eigenvalue weighted by atomic mass is 10.0. The average Bonchev–Trinajstić information content (AvgIpc) is 2.69. The zero-order chi connectivity index (χ0) is 20.5. The van der Waals surface area contributed by atoms with Crippen molar-refractivity contribution in [1.82, 2.24) is 5.32 Å². The molecule has 0 aliphatic heterocycles. The monoisotopic (exact) mass is 391 g/mol. The summed E-state index contributed by atoms with van der Waals surface area (Å²) < 4.78 is 36.4. The number of carbonyl (C=O) groups excluding carboxylic acids is 2. The van der Waals surface area contributed by atoms with Crippen molar-refractivity contribution in [2.45, 2.75) is 38.3 Å². The molecule has 0 fully saturated rings. The predicted molar refractivity (Wildman–Crippen MR) is 99.8 cm³/mol. The van der Waals surface area contributed by atoms with Gasteiger partial charge in [-0.05, 0) is 37.5 Å². The summed E-state index contributed by atoms with van der Waals surface area (Å²) in [6, 6.07) is 12.3. The molecule has 0 saturated carbocycles. The summed E-state index contributed by atoms with van der Waals surface area (Å²) >= 11 is 0. The number of hydrogen-bond donors (Lipinski definition) is 1. The molecule has 2 rings (SSSR count). The molecule has 0 bridgehead atoms. The summed E-state index contributed by atoms with van der Waals surface area (Å²) in [5, 5.41) is 2.85. The van der Waals surface area contributed by atoms with Crippen LogP contribution in [-0.2, 0) is 20.7 Å². The Bertz CT molecular complexity index is 798. The van der Waals surface area contributed by atoms with E-state index in [1.807, 2.05) is 30.3 Å². The Hall–Kier alpha value is -2.96. The molecule has 7 heteroatoms. The number of carbonyl (C=O) groups is 2.